The van der Waals surface area contributed by atoms with E-state index in [0.29, 0.717) is 12.0 Å². The molecule has 124 valence electrons. The van der Waals surface area contributed by atoms with E-state index in [1.807, 2.05) is 4.68 Å². The molecule has 7 heteroatoms. The fraction of sp³-hybridized carbons (Fsp3) is 0.867. The summed E-state index contributed by atoms with van der Waals surface area (Å²) < 4.78 is 7.42. The lowest BCUT2D eigenvalue weighted by molar-refractivity contribution is 0.0834. The zero-order chi connectivity index (χ0) is 15.5. The molecule has 1 aromatic heterocycles. The second-order valence-corrected chi connectivity index (χ2v) is 6.48. The zero-order valence-electron chi connectivity index (χ0n) is 13.3. The van der Waals surface area contributed by atoms with Crippen LogP contribution < -0.4 is 5.73 Å². The highest BCUT2D eigenvalue weighted by Crippen LogP contribution is 2.29. The number of nitrogens with two attached hydrogens (primary N) is 1. The molecule has 2 saturated heterocycles. The zero-order valence-corrected chi connectivity index (χ0v) is 13.3. The lowest BCUT2D eigenvalue weighted by Gasteiger charge is -2.30. The summed E-state index contributed by atoms with van der Waals surface area (Å²) in [6.07, 6.45) is 4.03. The first-order valence-corrected chi connectivity index (χ1v) is 8.28. The third-order valence-electron chi connectivity index (χ3n) is 4.82. The van der Waals surface area contributed by atoms with Crippen LogP contribution in [0.3, 0.4) is 0 Å². The molecule has 7 nitrogen and oxygen atoms in total. The third kappa shape index (κ3) is 3.32. The van der Waals surface area contributed by atoms with E-state index in [4.69, 9.17) is 20.6 Å². The minimum Gasteiger partial charge on any atom is -0.394 e. The van der Waals surface area contributed by atoms with Crippen molar-refractivity contribution in [2.75, 3.05) is 40.0 Å². The summed E-state index contributed by atoms with van der Waals surface area (Å²) in [5.41, 5.74) is 6.06. The quantitative estimate of drug-likeness (QED) is 0.838. The highest BCUT2D eigenvalue weighted by molar-refractivity contribution is 5.05. The Morgan fingerprint density at radius 1 is 1.27 bits per heavy atom. The predicted molar refractivity (Wildman–Crippen MR) is 82.6 cm³/mol. The molecule has 22 heavy (non-hydrogen) atoms. The van der Waals surface area contributed by atoms with Gasteiger partial charge in [-0.25, -0.2) is 9.67 Å². The number of aromatic nitrogens is 3. The number of likely N-dealkylation sites (tertiary alicyclic amines) is 1. The molecule has 0 bridgehead atoms. The first kappa shape index (κ1) is 15.9. The molecule has 1 aromatic rings. The Hall–Kier alpha value is -1.02. The van der Waals surface area contributed by atoms with Crippen molar-refractivity contribution in [3.63, 3.8) is 0 Å². The Morgan fingerprint density at radius 2 is 1.95 bits per heavy atom. The molecule has 0 unspecified atom stereocenters. The van der Waals surface area contributed by atoms with Crippen LogP contribution in [0.2, 0.25) is 0 Å². The van der Waals surface area contributed by atoms with E-state index in [-0.39, 0.29) is 6.61 Å². The van der Waals surface area contributed by atoms with Gasteiger partial charge in [-0.2, -0.15) is 5.10 Å². The number of nitrogens with zero attached hydrogens (tertiary/aromatic N) is 4. The second kappa shape index (κ2) is 7.04. The molecule has 2 aliphatic rings. The molecule has 2 aliphatic heterocycles. The first-order valence-electron chi connectivity index (χ1n) is 8.28. The van der Waals surface area contributed by atoms with Crippen LogP contribution in [0.1, 0.15) is 55.3 Å². The Morgan fingerprint density at radius 3 is 2.59 bits per heavy atom. The highest BCUT2D eigenvalue weighted by atomic mass is 16.5. The average Bonchev–Trinajstić information content (AvgIpc) is 3.01. The van der Waals surface area contributed by atoms with Crippen LogP contribution in [0.25, 0.3) is 0 Å². The Kier molecular flexibility index (Phi) is 5.07. The molecule has 1 atom stereocenters. The maximum atomic E-state index is 9.44. The Balaban J connectivity index is 1.84. The van der Waals surface area contributed by atoms with Gasteiger partial charge in [0.1, 0.15) is 5.82 Å². The SMILES string of the molecule is CN1CCC(n2nc(C3CCOCC3)nc2[C@@H](N)CO)CC1. The van der Waals surface area contributed by atoms with Gasteiger partial charge in [0.05, 0.1) is 18.7 Å². The fourth-order valence-electron chi connectivity index (χ4n) is 3.32. The average molecular weight is 309 g/mol. The first-order chi connectivity index (χ1) is 10.7. The maximum absolute atomic E-state index is 9.44. The molecule has 0 amide bonds. The van der Waals surface area contributed by atoms with Gasteiger partial charge in [0.25, 0.3) is 0 Å². The molecule has 0 aliphatic carbocycles. The van der Waals surface area contributed by atoms with E-state index in [1.54, 1.807) is 0 Å². The van der Waals surface area contributed by atoms with Crippen LogP contribution in [0.4, 0.5) is 0 Å². The van der Waals surface area contributed by atoms with E-state index < -0.39 is 6.04 Å². The number of aliphatic hydroxyl groups is 1. The molecule has 2 fully saturated rings. The number of hydrogen-bond donors (Lipinski definition) is 2. The van der Waals surface area contributed by atoms with Gasteiger partial charge in [0.2, 0.25) is 0 Å². The third-order valence-corrected chi connectivity index (χ3v) is 4.82. The molecular formula is C15H27N5O2. The Labute approximate surface area is 131 Å². The summed E-state index contributed by atoms with van der Waals surface area (Å²) in [6.45, 7) is 3.57. The van der Waals surface area contributed by atoms with Crippen molar-refractivity contribution in [1.29, 1.82) is 0 Å². The summed E-state index contributed by atoms with van der Waals surface area (Å²) in [5.74, 6) is 1.96. The van der Waals surface area contributed by atoms with Crippen molar-refractivity contribution in [3.8, 4) is 0 Å². The van der Waals surface area contributed by atoms with Crippen molar-refractivity contribution in [3.05, 3.63) is 11.6 Å². The van der Waals surface area contributed by atoms with Crippen molar-refractivity contribution in [2.24, 2.45) is 5.73 Å². The van der Waals surface area contributed by atoms with Crippen molar-refractivity contribution >= 4 is 0 Å². The summed E-state index contributed by atoms with van der Waals surface area (Å²) in [4.78, 5) is 7.03. The molecular weight excluding hydrogens is 282 g/mol. The van der Waals surface area contributed by atoms with Crippen molar-refractivity contribution < 1.29 is 9.84 Å². The Bertz CT molecular complexity index is 478. The number of hydrogen-bond acceptors (Lipinski definition) is 6. The topological polar surface area (TPSA) is 89.4 Å². The van der Waals surface area contributed by atoms with Gasteiger partial charge >= 0.3 is 0 Å². The maximum Gasteiger partial charge on any atom is 0.154 e. The predicted octanol–water partition coefficient (Wildman–Crippen LogP) is 0.431. The minimum absolute atomic E-state index is 0.0987. The molecule has 3 heterocycles. The summed E-state index contributed by atoms with van der Waals surface area (Å²) in [7, 11) is 2.14. The summed E-state index contributed by atoms with van der Waals surface area (Å²) in [5, 5.41) is 14.2. The number of ether oxygens (including phenoxy) is 1. The van der Waals surface area contributed by atoms with Crippen LogP contribution in [0.5, 0.6) is 0 Å². The van der Waals surface area contributed by atoms with Crippen LogP contribution in [0, 0.1) is 0 Å². The van der Waals surface area contributed by atoms with Gasteiger partial charge in [0.15, 0.2) is 5.82 Å². The molecule has 0 spiro atoms. The molecule has 3 rings (SSSR count). The smallest absolute Gasteiger partial charge is 0.154 e. The molecule has 3 N–H and O–H groups in total. The van der Waals surface area contributed by atoms with E-state index in [2.05, 4.69) is 11.9 Å². The van der Waals surface area contributed by atoms with Gasteiger partial charge in [-0.15, -0.1) is 0 Å². The fourth-order valence-corrected chi connectivity index (χ4v) is 3.32. The lowest BCUT2D eigenvalue weighted by Crippen LogP contribution is -2.33. The number of piperidine rings is 1. The normalized spacial score (nSPS) is 23.8. The van der Waals surface area contributed by atoms with Crippen LogP contribution in [-0.2, 0) is 4.74 Å². The number of rotatable bonds is 4. The minimum atomic E-state index is -0.458. The van der Waals surface area contributed by atoms with E-state index in [9.17, 15) is 5.11 Å². The van der Waals surface area contributed by atoms with E-state index in [0.717, 1.165) is 63.6 Å². The van der Waals surface area contributed by atoms with Crippen LogP contribution >= 0.6 is 0 Å². The van der Waals surface area contributed by atoms with Crippen LogP contribution in [0.15, 0.2) is 0 Å². The van der Waals surface area contributed by atoms with Gasteiger partial charge in [-0.05, 0) is 45.8 Å². The summed E-state index contributed by atoms with van der Waals surface area (Å²) >= 11 is 0. The van der Waals surface area contributed by atoms with Gasteiger partial charge in [-0.3, -0.25) is 0 Å². The lowest BCUT2D eigenvalue weighted by atomic mass is 10.00. The van der Waals surface area contributed by atoms with Crippen molar-refractivity contribution in [2.45, 2.75) is 43.7 Å². The highest BCUT2D eigenvalue weighted by Gasteiger charge is 2.28. The largest absolute Gasteiger partial charge is 0.394 e. The number of aliphatic hydroxyl groups excluding tert-OH is 1. The van der Waals surface area contributed by atoms with E-state index in [1.165, 1.54) is 0 Å². The standard InChI is InChI=1S/C15H27N5O2/c1-19-6-2-12(3-7-19)20-15(13(16)10-21)17-14(18-20)11-4-8-22-9-5-11/h11-13,21H,2-10,16H2,1H3/t13-/m0/s1. The monoisotopic (exact) mass is 309 g/mol. The van der Waals surface area contributed by atoms with Crippen LogP contribution in [-0.4, -0.2) is 64.7 Å². The molecule has 0 radical (unpaired) electrons. The van der Waals surface area contributed by atoms with Gasteiger partial charge < -0.3 is 20.5 Å². The van der Waals surface area contributed by atoms with Crippen molar-refractivity contribution in [1.82, 2.24) is 19.7 Å². The molecule has 0 saturated carbocycles. The van der Waals surface area contributed by atoms with Gasteiger partial charge in [-0.1, -0.05) is 0 Å². The summed E-state index contributed by atoms with van der Waals surface area (Å²) in [6, 6.07) is -0.120. The molecule has 0 aromatic carbocycles. The van der Waals surface area contributed by atoms with Gasteiger partial charge in [0, 0.05) is 19.1 Å². The second-order valence-electron chi connectivity index (χ2n) is 6.48. The van der Waals surface area contributed by atoms with E-state index >= 15 is 0 Å².